The molecular formula is C20H26O3. The van der Waals surface area contributed by atoms with Gasteiger partial charge in [0.2, 0.25) is 6.79 Å². The van der Waals surface area contributed by atoms with Crippen LogP contribution in [0.5, 0.6) is 11.5 Å². The van der Waals surface area contributed by atoms with Crippen molar-refractivity contribution in [2.75, 3.05) is 6.79 Å². The van der Waals surface area contributed by atoms with E-state index in [9.17, 15) is 4.79 Å². The van der Waals surface area contributed by atoms with Gasteiger partial charge in [-0.1, -0.05) is 24.6 Å². The second kappa shape index (κ2) is 7.67. The third-order valence-corrected chi connectivity index (χ3v) is 5.00. The van der Waals surface area contributed by atoms with Gasteiger partial charge in [-0.3, -0.25) is 4.79 Å². The first-order chi connectivity index (χ1) is 11.3. The van der Waals surface area contributed by atoms with Crippen LogP contribution in [0.3, 0.4) is 0 Å². The second-order valence-corrected chi connectivity index (χ2v) is 6.54. The maximum Gasteiger partial charge on any atom is 0.231 e. The Balaban J connectivity index is 1.48. The number of Topliss-reactive ketones (excluding diaryl/α,β-unsaturated/α-hetero) is 1. The Morgan fingerprint density at radius 3 is 2.96 bits per heavy atom. The number of benzene rings is 1. The number of allylic oxidation sites excluding steroid dienone is 2. The predicted octanol–water partition coefficient (Wildman–Crippen LogP) is 4.83. The van der Waals surface area contributed by atoms with E-state index >= 15 is 0 Å². The van der Waals surface area contributed by atoms with Crippen molar-refractivity contribution in [1.82, 2.24) is 0 Å². The number of aryl methyl sites for hydroxylation is 1. The van der Waals surface area contributed by atoms with E-state index in [1.165, 1.54) is 11.1 Å². The highest BCUT2D eigenvalue weighted by Crippen LogP contribution is 2.33. The van der Waals surface area contributed by atoms with Crippen LogP contribution in [0.1, 0.15) is 57.4 Å². The lowest BCUT2D eigenvalue weighted by Crippen LogP contribution is -2.06. The van der Waals surface area contributed by atoms with Gasteiger partial charge in [-0.15, -0.1) is 0 Å². The van der Waals surface area contributed by atoms with Gasteiger partial charge in [0.1, 0.15) is 5.78 Å². The topological polar surface area (TPSA) is 35.5 Å². The largest absolute Gasteiger partial charge is 0.454 e. The van der Waals surface area contributed by atoms with Crippen LogP contribution in [0, 0.1) is 5.92 Å². The molecule has 0 bridgehead atoms. The predicted molar refractivity (Wildman–Crippen MR) is 90.8 cm³/mol. The van der Waals surface area contributed by atoms with Crippen molar-refractivity contribution in [3.05, 3.63) is 35.4 Å². The lowest BCUT2D eigenvalue weighted by molar-refractivity contribution is -0.120. The van der Waals surface area contributed by atoms with Crippen molar-refractivity contribution in [3.63, 3.8) is 0 Å². The number of hydrogen-bond acceptors (Lipinski definition) is 3. The summed E-state index contributed by atoms with van der Waals surface area (Å²) in [6, 6.07) is 6.19. The Morgan fingerprint density at radius 1 is 1.30 bits per heavy atom. The van der Waals surface area contributed by atoms with Crippen molar-refractivity contribution in [3.8, 4) is 11.5 Å². The average molecular weight is 314 g/mol. The van der Waals surface area contributed by atoms with Gasteiger partial charge in [-0.05, 0) is 62.6 Å². The van der Waals surface area contributed by atoms with E-state index in [2.05, 4.69) is 25.1 Å². The fourth-order valence-electron chi connectivity index (χ4n) is 3.52. The number of carbonyl (C=O) groups is 1. The highest BCUT2D eigenvalue weighted by Gasteiger charge is 2.23. The number of rotatable bonds is 7. The maximum absolute atomic E-state index is 11.7. The molecule has 124 valence electrons. The molecule has 3 nitrogen and oxygen atoms in total. The molecule has 1 aliphatic carbocycles. The fourth-order valence-corrected chi connectivity index (χ4v) is 3.52. The van der Waals surface area contributed by atoms with Gasteiger partial charge in [-0.2, -0.15) is 0 Å². The minimum atomic E-state index is 0.332. The molecule has 1 unspecified atom stereocenters. The van der Waals surface area contributed by atoms with Gasteiger partial charge >= 0.3 is 0 Å². The third-order valence-electron chi connectivity index (χ3n) is 5.00. The monoisotopic (exact) mass is 314 g/mol. The summed E-state index contributed by atoms with van der Waals surface area (Å²) in [7, 11) is 0. The van der Waals surface area contributed by atoms with E-state index in [0.29, 0.717) is 18.5 Å². The zero-order valence-corrected chi connectivity index (χ0v) is 14.0. The molecule has 1 aromatic rings. The van der Waals surface area contributed by atoms with Crippen molar-refractivity contribution in [1.29, 1.82) is 0 Å². The van der Waals surface area contributed by atoms with Crippen molar-refractivity contribution >= 4 is 5.78 Å². The highest BCUT2D eigenvalue weighted by molar-refractivity contribution is 5.82. The first-order valence-corrected chi connectivity index (χ1v) is 8.85. The van der Waals surface area contributed by atoms with Gasteiger partial charge < -0.3 is 9.47 Å². The quantitative estimate of drug-likeness (QED) is 0.676. The normalized spacial score (nSPS) is 20.3. The van der Waals surface area contributed by atoms with Gasteiger partial charge in [0, 0.05) is 12.3 Å². The SMILES string of the molecule is CC/C(=C\CCc1ccc2c(c1)OCO2)CCC1CCCC1=O. The van der Waals surface area contributed by atoms with Gasteiger partial charge in [0.15, 0.2) is 11.5 Å². The first-order valence-electron chi connectivity index (χ1n) is 8.85. The lowest BCUT2D eigenvalue weighted by atomic mass is 9.95. The number of hydrogen-bond donors (Lipinski definition) is 0. The average Bonchev–Trinajstić information content (AvgIpc) is 3.19. The maximum atomic E-state index is 11.7. The third kappa shape index (κ3) is 4.15. The molecule has 1 heterocycles. The molecule has 1 fully saturated rings. The van der Waals surface area contributed by atoms with E-state index in [1.54, 1.807) is 0 Å². The van der Waals surface area contributed by atoms with Crippen LogP contribution >= 0.6 is 0 Å². The first kappa shape index (κ1) is 16.1. The van der Waals surface area contributed by atoms with Gasteiger partial charge in [-0.25, -0.2) is 0 Å². The zero-order chi connectivity index (χ0) is 16.1. The van der Waals surface area contributed by atoms with Crippen LogP contribution in [0.2, 0.25) is 0 Å². The van der Waals surface area contributed by atoms with E-state index < -0.39 is 0 Å². The van der Waals surface area contributed by atoms with Gasteiger partial charge in [0.25, 0.3) is 0 Å². The van der Waals surface area contributed by atoms with E-state index in [-0.39, 0.29) is 0 Å². The molecule has 3 rings (SSSR count). The van der Waals surface area contributed by atoms with Crippen LogP contribution in [-0.4, -0.2) is 12.6 Å². The Kier molecular flexibility index (Phi) is 5.37. The van der Waals surface area contributed by atoms with Crippen LogP contribution < -0.4 is 9.47 Å². The second-order valence-electron chi connectivity index (χ2n) is 6.54. The summed E-state index contributed by atoms with van der Waals surface area (Å²) in [6.07, 6.45) is 10.6. The molecule has 0 radical (unpaired) electrons. The molecule has 2 aliphatic rings. The molecule has 0 amide bonds. The molecule has 0 N–H and O–H groups in total. The molecule has 1 aromatic carbocycles. The van der Waals surface area contributed by atoms with Crippen molar-refractivity contribution in [2.45, 2.75) is 58.3 Å². The molecule has 23 heavy (non-hydrogen) atoms. The van der Waals surface area contributed by atoms with Gasteiger partial charge in [0.05, 0.1) is 0 Å². The molecule has 3 heteroatoms. The summed E-state index contributed by atoms with van der Waals surface area (Å²) >= 11 is 0. The highest BCUT2D eigenvalue weighted by atomic mass is 16.7. The van der Waals surface area contributed by atoms with Crippen molar-refractivity contribution < 1.29 is 14.3 Å². The number of fused-ring (bicyclic) bond motifs is 1. The van der Waals surface area contributed by atoms with E-state index in [0.717, 1.165) is 62.9 Å². The molecular weight excluding hydrogens is 288 g/mol. The Bertz CT molecular complexity index is 589. The van der Waals surface area contributed by atoms with E-state index in [1.807, 2.05) is 6.07 Å². The van der Waals surface area contributed by atoms with Crippen LogP contribution in [0.25, 0.3) is 0 Å². The molecule has 0 aromatic heterocycles. The summed E-state index contributed by atoms with van der Waals surface area (Å²) in [4.78, 5) is 11.7. The summed E-state index contributed by atoms with van der Waals surface area (Å²) in [6.45, 7) is 2.54. The number of ketones is 1. The summed E-state index contributed by atoms with van der Waals surface area (Å²) in [5.74, 6) is 2.53. The molecule has 0 saturated heterocycles. The van der Waals surface area contributed by atoms with Crippen LogP contribution in [0.4, 0.5) is 0 Å². The van der Waals surface area contributed by atoms with Crippen molar-refractivity contribution in [2.24, 2.45) is 5.92 Å². The Labute approximate surface area is 138 Å². The molecule has 0 spiro atoms. The Morgan fingerprint density at radius 2 is 2.17 bits per heavy atom. The van der Waals surface area contributed by atoms with Crippen LogP contribution in [-0.2, 0) is 11.2 Å². The minimum Gasteiger partial charge on any atom is -0.454 e. The minimum absolute atomic E-state index is 0.332. The van der Waals surface area contributed by atoms with E-state index in [4.69, 9.17) is 9.47 Å². The van der Waals surface area contributed by atoms with Crippen LogP contribution in [0.15, 0.2) is 29.8 Å². The number of carbonyl (C=O) groups excluding carboxylic acids is 1. The zero-order valence-electron chi connectivity index (χ0n) is 14.0. The lowest BCUT2D eigenvalue weighted by Gasteiger charge is -2.10. The molecule has 1 atom stereocenters. The standard InChI is InChI=1S/C20H26O3/c1-2-15(9-11-17-7-4-8-18(17)21)5-3-6-16-10-12-19-20(13-16)23-14-22-19/h5,10,12-13,17H,2-4,6-9,11,14H2,1H3/b15-5+. The molecule has 1 saturated carbocycles. The summed E-state index contributed by atoms with van der Waals surface area (Å²) in [5.41, 5.74) is 2.78. The Hall–Kier alpha value is -1.77. The summed E-state index contributed by atoms with van der Waals surface area (Å²) in [5, 5.41) is 0. The number of ether oxygens (including phenoxy) is 2. The fraction of sp³-hybridized carbons (Fsp3) is 0.550. The smallest absolute Gasteiger partial charge is 0.231 e. The summed E-state index contributed by atoms with van der Waals surface area (Å²) < 4.78 is 10.8. The molecule has 1 aliphatic heterocycles.